The number of nitrogens with one attached hydrogen (secondary N) is 1. The Morgan fingerprint density at radius 1 is 1.41 bits per heavy atom. The smallest absolute Gasteiger partial charge is 0.324 e. The molecule has 2 rings (SSSR count). The molecule has 17 heavy (non-hydrogen) atoms. The van der Waals surface area contributed by atoms with Gasteiger partial charge in [-0.2, -0.15) is 4.72 Å². The van der Waals surface area contributed by atoms with Crippen molar-refractivity contribution in [2.24, 2.45) is 0 Å². The Morgan fingerprint density at radius 3 is 2.76 bits per heavy atom. The fourth-order valence-electron chi connectivity index (χ4n) is 1.54. The Kier molecular flexibility index (Phi) is 3.03. The normalized spacial score (nSPS) is 20.2. The second-order valence-corrected chi connectivity index (χ2v) is 5.42. The molecule has 1 heterocycles. The van der Waals surface area contributed by atoms with E-state index in [4.69, 9.17) is 5.73 Å². The van der Waals surface area contributed by atoms with E-state index in [0.29, 0.717) is 12.1 Å². The molecule has 0 bridgehead atoms. The first-order valence-corrected chi connectivity index (χ1v) is 6.52. The largest absolute Gasteiger partial charge is 0.464 e. The van der Waals surface area contributed by atoms with Crippen molar-refractivity contribution in [1.82, 2.24) is 4.72 Å². The maximum Gasteiger partial charge on any atom is 0.324 e. The van der Waals surface area contributed by atoms with E-state index in [-0.39, 0.29) is 11.5 Å². The second kappa shape index (κ2) is 4.34. The fourth-order valence-corrected chi connectivity index (χ4v) is 2.81. The lowest BCUT2D eigenvalue weighted by atomic mass is 10.3. The van der Waals surface area contributed by atoms with E-state index < -0.39 is 22.0 Å². The number of carbonyl (C=O) groups is 1. The number of carbonyl (C=O) groups excluding carboxylic acids is 1. The van der Waals surface area contributed by atoms with Crippen LogP contribution in [-0.2, 0) is 19.6 Å². The molecule has 1 aromatic carbocycles. The van der Waals surface area contributed by atoms with Crippen molar-refractivity contribution in [2.45, 2.75) is 17.4 Å². The Morgan fingerprint density at radius 2 is 2.18 bits per heavy atom. The van der Waals surface area contributed by atoms with E-state index in [9.17, 15) is 13.2 Å². The van der Waals surface area contributed by atoms with Gasteiger partial charge < -0.3 is 10.5 Å². The van der Waals surface area contributed by atoms with Crippen LogP contribution in [-0.4, -0.2) is 27.0 Å². The van der Waals surface area contributed by atoms with Gasteiger partial charge in [-0.05, 0) is 18.2 Å². The molecule has 1 unspecified atom stereocenters. The molecule has 92 valence electrons. The maximum atomic E-state index is 11.9. The van der Waals surface area contributed by atoms with Gasteiger partial charge in [-0.3, -0.25) is 4.79 Å². The van der Waals surface area contributed by atoms with E-state index in [1.165, 1.54) is 18.2 Å². The van der Waals surface area contributed by atoms with Crippen LogP contribution in [0.2, 0.25) is 0 Å². The third-order valence-electron chi connectivity index (χ3n) is 2.40. The third-order valence-corrected chi connectivity index (χ3v) is 3.87. The number of rotatable bonds is 3. The Balaban J connectivity index is 2.22. The van der Waals surface area contributed by atoms with Crippen LogP contribution in [0.1, 0.15) is 6.42 Å². The quantitative estimate of drug-likeness (QED) is 0.579. The summed E-state index contributed by atoms with van der Waals surface area (Å²) in [6.07, 6.45) is 0.348. The van der Waals surface area contributed by atoms with Crippen molar-refractivity contribution in [2.75, 3.05) is 12.3 Å². The van der Waals surface area contributed by atoms with Gasteiger partial charge in [-0.1, -0.05) is 6.07 Å². The summed E-state index contributed by atoms with van der Waals surface area (Å²) in [5, 5.41) is 0. The molecule has 1 saturated heterocycles. The molecular formula is C10H12N2O4S. The van der Waals surface area contributed by atoms with Gasteiger partial charge in [-0.15, -0.1) is 0 Å². The molecule has 3 N–H and O–H groups in total. The topological polar surface area (TPSA) is 98.5 Å². The highest BCUT2D eigenvalue weighted by Crippen LogP contribution is 2.15. The maximum absolute atomic E-state index is 11.9. The van der Waals surface area contributed by atoms with Gasteiger partial charge in [-0.25, -0.2) is 8.42 Å². The number of ether oxygens (including phenoxy) is 1. The van der Waals surface area contributed by atoms with Crippen LogP contribution in [0.5, 0.6) is 0 Å². The predicted molar refractivity (Wildman–Crippen MR) is 60.5 cm³/mol. The lowest BCUT2D eigenvalue weighted by molar-refractivity contribution is -0.139. The predicted octanol–water partition coefficient (Wildman–Crippen LogP) is -0.137. The Hall–Kier alpha value is -1.60. The first-order valence-electron chi connectivity index (χ1n) is 5.03. The molecule has 0 radical (unpaired) electrons. The number of esters is 1. The first-order chi connectivity index (χ1) is 7.99. The summed E-state index contributed by atoms with van der Waals surface area (Å²) in [6.45, 7) is 0.239. The molecule has 0 aliphatic carbocycles. The van der Waals surface area contributed by atoms with Crippen molar-refractivity contribution >= 4 is 21.7 Å². The van der Waals surface area contributed by atoms with E-state index in [2.05, 4.69) is 9.46 Å². The van der Waals surface area contributed by atoms with Gasteiger partial charge in [0.05, 0.1) is 11.5 Å². The number of cyclic esters (lactones) is 1. The van der Waals surface area contributed by atoms with Gasteiger partial charge in [0.2, 0.25) is 10.0 Å². The zero-order valence-electron chi connectivity index (χ0n) is 8.92. The second-order valence-electron chi connectivity index (χ2n) is 3.70. The highest BCUT2D eigenvalue weighted by atomic mass is 32.2. The van der Waals surface area contributed by atoms with Crippen molar-refractivity contribution in [3.05, 3.63) is 24.3 Å². The molecule has 0 aromatic heterocycles. The summed E-state index contributed by atoms with van der Waals surface area (Å²) in [4.78, 5) is 11.2. The van der Waals surface area contributed by atoms with Crippen LogP contribution in [0, 0.1) is 0 Å². The summed E-state index contributed by atoms with van der Waals surface area (Å²) in [7, 11) is -3.73. The fraction of sp³-hybridized carbons (Fsp3) is 0.300. The van der Waals surface area contributed by atoms with E-state index in [0.717, 1.165) is 0 Å². The van der Waals surface area contributed by atoms with E-state index >= 15 is 0 Å². The molecule has 1 aliphatic rings. The highest BCUT2D eigenvalue weighted by molar-refractivity contribution is 7.89. The minimum Gasteiger partial charge on any atom is -0.464 e. The molecule has 1 atom stereocenters. The molecule has 1 fully saturated rings. The molecule has 0 saturated carbocycles. The zero-order valence-corrected chi connectivity index (χ0v) is 9.74. The van der Waals surface area contributed by atoms with E-state index in [1.807, 2.05) is 0 Å². The number of hydrogen-bond acceptors (Lipinski definition) is 5. The number of sulfonamides is 1. The van der Waals surface area contributed by atoms with Crippen LogP contribution in [0.25, 0.3) is 0 Å². The highest BCUT2D eigenvalue weighted by Gasteiger charge is 2.31. The molecule has 6 nitrogen and oxygen atoms in total. The zero-order chi connectivity index (χ0) is 12.5. The number of benzene rings is 1. The van der Waals surface area contributed by atoms with E-state index in [1.54, 1.807) is 6.07 Å². The molecule has 1 aromatic rings. The van der Waals surface area contributed by atoms with Gasteiger partial charge in [0.15, 0.2) is 0 Å². The lowest BCUT2D eigenvalue weighted by Gasteiger charge is -2.10. The summed E-state index contributed by atoms with van der Waals surface area (Å²) >= 11 is 0. The van der Waals surface area contributed by atoms with Crippen molar-refractivity contribution < 1.29 is 17.9 Å². The van der Waals surface area contributed by atoms with Gasteiger partial charge in [0.1, 0.15) is 6.04 Å². The van der Waals surface area contributed by atoms with Crippen LogP contribution < -0.4 is 10.5 Å². The number of nitrogen functional groups attached to an aromatic ring is 1. The van der Waals surface area contributed by atoms with Crippen LogP contribution in [0.4, 0.5) is 5.69 Å². The average Bonchev–Trinajstić information content (AvgIpc) is 2.64. The number of hydrogen-bond donors (Lipinski definition) is 2. The SMILES string of the molecule is Nc1cccc(S(=O)(=O)NC2CCOC2=O)c1. The summed E-state index contributed by atoms with van der Waals surface area (Å²) < 4.78 is 30.8. The average molecular weight is 256 g/mol. The molecule has 0 spiro atoms. The van der Waals surface area contributed by atoms with Crippen LogP contribution in [0.3, 0.4) is 0 Å². The van der Waals surface area contributed by atoms with Crippen LogP contribution in [0.15, 0.2) is 29.2 Å². The standard InChI is InChI=1S/C10H12N2O4S/c11-7-2-1-3-8(6-7)17(14,15)12-9-4-5-16-10(9)13/h1-3,6,9,12H,4-5,11H2. The molecule has 0 amide bonds. The summed E-state index contributed by atoms with van der Waals surface area (Å²) in [6, 6.07) is 5.07. The Bertz CT molecular complexity index is 541. The van der Waals surface area contributed by atoms with Crippen molar-refractivity contribution in [1.29, 1.82) is 0 Å². The van der Waals surface area contributed by atoms with Crippen molar-refractivity contribution in [3.63, 3.8) is 0 Å². The summed E-state index contributed by atoms with van der Waals surface area (Å²) in [5.74, 6) is -0.544. The lowest BCUT2D eigenvalue weighted by Crippen LogP contribution is -2.37. The van der Waals surface area contributed by atoms with Crippen LogP contribution >= 0.6 is 0 Å². The van der Waals surface area contributed by atoms with Gasteiger partial charge in [0, 0.05) is 12.1 Å². The van der Waals surface area contributed by atoms with Gasteiger partial charge in [0.25, 0.3) is 0 Å². The monoisotopic (exact) mass is 256 g/mol. The van der Waals surface area contributed by atoms with Crippen molar-refractivity contribution in [3.8, 4) is 0 Å². The molecule has 1 aliphatic heterocycles. The first kappa shape index (κ1) is 11.9. The van der Waals surface area contributed by atoms with Gasteiger partial charge >= 0.3 is 5.97 Å². The number of nitrogens with two attached hydrogens (primary N) is 1. The Labute approximate surface area is 98.8 Å². The molecule has 7 heteroatoms. The number of anilines is 1. The minimum atomic E-state index is -3.73. The third kappa shape index (κ3) is 2.56. The summed E-state index contributed by atoms with van der Waals surface area (Å²) in [5.41, 5.74) is 5.86. The molecular weight excluding hydrogens is 244 g/mol. The minimum absolute atomic E-state index is 0.0391.